The lowest BCUT2D eigenvalue weighted by atomic mass is 10.1. The van der Waals surface area contributed by atoms with Gasteiger partial charge in [0.05, 0.1) is 0 Å². The molecule has 0 aliphatic heterocycles. The molecular weight excluding hydrogens is 184 g/mol. The summed E-state index contributed by atoms with van der Waals surface area (Å²) in [5.74, 6) is 0.650. The molecule has 2 aromatic rings. The molecule has 0 fully saturated rings. The summed E-state index contributed by atoms with van der Waals surface area (Å²) in [6.45, 7) is 5.40. The zero-order valence-electron chi connectivity index (χ0n) is 9.20. The second-order valence-electron chi connectivity index (χ2n) is 4.18. The molecule has 0 unspecified atom stereocenters. The lowest BCUT2D eigenvalue weighted by Gasteiger charge is -2.11. The van der Waals surface area contributed by atoms with E-state index < -0.39 is 0 Å². The van der Waals surface area contributed by atoms with E-state index in [0.29, 0.717) is 5.92 Å². The van der Waals surface area contributed by atoms with Crippen LogP contribution in [0.3, 0.4) is 0 Å². The molecule has 1 heterocycles. The lowest BCUT2D eigenvalue weighted by molar-refractivity contribution is 0.689. The minimum atomic E-state index is 0.650. The first-order chi connectivity index (χ1) is 7.27. The number of anilines is 1. The van der Waals surface area contributed by atoms with E-state index in [9.17, 15) is 0 Å². The number of hydrogen-bond donors (Lipinski definition) is 1. The number of benzene rings is 1. The van der Waals surface area contributed by atoms with Crippen molar-refractivity contribution < 1.29 is 0 Å². The van der Waals surface area contributed by atoms with Crippen molar-refractivity contribution >= 4 is 16.5 Å². The average Bonchev–Trinajstić information content (AvgIpc) is 2.26. The molecule has 0 spiro atoms. The topological polar surface area (TPSA) is 24.9 Å². The summed E-state index contributed by atoms with van der Waals surface area (Å²) in [6.07, 6.45) is 3.74. The Morgan fingerprint density at radius 1 is 1.27 bits per heavy atom. The summed E-state index contributed by atoms with van der Waals surface area (Å²) in [5, 5.41) is 5.88. The number of nitrogens with zero attached hydrogens (tertiary/aromatic N) is 1. The summed E-state index contributed by atoms with van der Waals surface area (Å²) >= 11 is 0. The molecule has 0 amide bonds. The second-order valence-corrected chi connectivity index (χ2v) is 4.18. The summed E-state index contributed by atoms with van der Waals surface area (Å²) < 4.78 is 0. The van der Waals surface area contributed by atoms with Crippen LogP contribution in [0.4, 0.5) is 5.69 Å². The highest BCUT2D eigenvalue weighted by Crippen LogP contribution is 2.21. The Morgan fingerprint density at radius 2 is 2.13 bits per heavy atom. The van der Waals surface area contributed by atoms with Crippen molar-refractivity contribution in [2.45, 2.75) is 13.8 Å². The van der Waals surface area contributed by atoms with E-state index in [1.165, 1.54) is 16.5 Å². The molecule has 0 aliphatic carbocycles. The molecule has 0 aliphatic rings. The summed E-state index contributed by atoms with van der Waals surface area (Å²) in [5.41, 5.74) is 1.18. The molecular formula is C13H16N2. The van der Waals surface area contributed by atoms with Crippen LogP contribution >= 0.6 is 0 Å². The van der Waals surface area contributed by atoms with Crippen molar-refractivity contribution in [1.82, 2.24) is 4.98 Å². The Balaban J connectivity index is 2.34. The number of aromatic nitrogens is 1. The number of nitrogens with one attached hydrogen (secondary N) is 1. The molecule has 78 valence electrons. The van der Waals surface area contributed by atoms with Gasteiger partial charge in [0, 0.05) is 30.0 Å². The Kier molecular flexibility index (Phi) is 2.86. The van der Waals surface area contributed by atoms with Crippen LogP contribution < -0.4 is 5.32 Å². The van der Waals surface area contributed by atoms with Gasteiger partial charge in [0.2, 0.25) is 0 Å². The molecule has 1 aromatic heterocycles. The van der Waals surface area contributed by atoms with Crippen LogP contribution in [0, 0.1) is 5.92 Å². The van der Waals surface area contributed by atoms with Crippen LogP contribution in [0.25, 0.3) is 10.8 Å². The van der Waals surface area contributed by atoms with Gasteiger partial charge in [-0.2, -0.15) is 0 Å². The minimum absolute atomic E-state index is 0.650. The molecule has 1 aromatic carbocycles. The molecule has 15 heavy (non-hydrogen) atoms. The second kappa shape index (κ2) is 4.30. The van der Waals surface area contributed by atoms with E-state index in [4.69, 9.17) is 0 Å². The van der Waals surface area contributed by atoms with Crippen molar-refractivity contribution in [2.75, 3.05) is 11.9 Å². The first-order valence-corrected chi connectivity index (χ1v) is 5.34. The number of rotatable bonds is 3. The fourth-order valence-electron chi connectivity index (χ4n) is 1.58. The molecule has 0 saturated carbocycles. The molecule has 1 N–H and O–H groups in total. The molecule has 2 nitrogen and oxygen atoms in total. The largest absolute Gasteiger partial charge is 0.384 e. The Labute approximate surface area is 90.3 Å². The van der Waals surface area contributed by atoms with Crippen molar-refractivity contribution in [1.29, 1.82) is 0 Å². The van der Waals surface area contributed by atoms with Crippen molar-refractivity contribution in [3.05, 3.63) is 36.7 Å². The van der Waals surface area contributed by atoms with Crippen molar-refractivity contribution in [3.63, 3.8) is 0 Å². The predicted molar refractivity (Wildman–Crippen MR) is 65.1 cm³/mol. The third-order valence-corrected chi connectivity index (χ3v) is 2.38. The Morgan fingerprint density at radius 3 is 2.93 bits per heavy atom. The van der Waals surface area contributed by atoms with Gasteiger partial charge in [0.25, 0.3) is 0 Å². The molecule has 2 rings (SSSR count). The van der Waals surface area contributed by atoms with Crippen molar-refractivity contribution in [2.24, 2.45) is 5.92 Å². The number of pyridine rings is 1. The van der Waals surface area contributed by atoms with E-state index in [0.717, 1.165) is 6.54 Å². The smallest absolute Gasteiger partial charge is 0.0435 e. The predicted octanol–water partition coefficient (Wildman–Crippen LogP) is 3.30. The SMILES string of the molecule is CC(C)CNc1cccc2ccncc12. The number of fused-ring (bicyclic) bond motifs is 1. The Hall–Kier alpha value is -1.57. The van der Waals surface area contributed by atoms with Crippen LogP contribution in [-0.2, 0) is 0 Å². The van der Waals surface area contributed by atoms with Crippen LogP contribution in [0.5, 0.6) is 0 Å². The monoisotopic (exact) mass is 200 g/mol. The molecule has 0 bridgehead atoms. The van der Waals surface area contributed by atoms with E-state index in [1.807, 2.05) is 18.5 Å². The quantitative estimate of drug-likeness (QED) is 0.822. The lowest BCUT2D eigenvalue weighted by Crippen LogP contribution is -2.08. The van der Waals surface area contributed by atoms with E-state index in [2.05, 4.69) is 42.3 Å². The average molecular weight is 200 g/mol. The van der Waals surface area contributed by atoms with Gasteiger partial charge in [-0.15, -0.1) is 0 Å². The standard InChI is InChI=1S/C13H16N2/c1-10(2)8-15-13-5-3-4-11-6-7-14-9-12(11)13/h3-7,9-10,15H,8H2,1-2H3. The number of hydrogen-bond acceptors (Lipinski definition) is 2. The Bertz CT molecular complexity index is 444. The normalized spacial score (nSPS) is 10.9. The summed E-state index contributed by atoms with van der Waals surface area (Å²) in [4.78, 5) is 4.16. The van der Waals surface area contributed by atoms with Crippen LogP contribution in [0.1, 0.15) is 13.8 Å². The van der Waals surface area contributed by atoms with Gasteiger partial charge in [-0.1, -0.05) is 26.0 Å². The molecule has 0 radical (unpaired) electrons. The maximum atomic E-state index is 4.16. The highest BCUT2D eigenvalue weighted by molar-refractivity contribution is 5.92. The van der Waals surface area contributed by atoms with Gasteiger partial charge < -0.3 is 5.32 Å². The van der Waals surface area contributed by atoms with Crippen LogP contribution in [0.15, 0.2) is 36.7 Å². The van der Waals surface area contributed by atoms with Crippen LogP contribution in [-0.4, -0.2) is 11.5 Å². The van der Waals surface area contributed by atoms with Gasteiger partial charge in [0.15, 0.2) is 0 Å². The summed E-state index contributed by atoms with van der Waals surface area (Å²) in [7, 11) is 0. The maximum absolute atomic E-state index is 4.16. The molecule has 0 saturated heterocycles. The van der Waals surface area contributed by atoms with E-state index >= 15 is 0 Å². The van der Waals surface area contributed by atoms with Gasteiger partial charge >= 0.3 is 0 Å². The maximum Gasteiger partial charge on any atom is 0.0435 e. The summed E-state index contributed by atoms with van der Waals surface area (Å²) in [6, 6.07) is 8.32. The fourth-order valence-corrected chi connectivity index (χ4v) is 1.58. The zero-order valence-corrected chi connectivity index (χ0v) is 9.20. The van der Waals surface area contributed by atoms with E-state index in [-0.39, 0.29) is 0 Å². The highest BCUT2D eigenvalue weighted by atomic mass is 14.9. The van der Waals surface area contributed by atoms with Gasteiger partial charge in [-0.05, 0) is 23.4 Å². The first kappa shape index (κ1) is 9.97. The third kappa shape index (κ3) is 2.27. The molecule has 0 atom stereocenters. The first-order valence-electron chi connectivity index (χ1n) is 5.34. The van der Waals surface area contributed by atoms with Crippen molar-refractivity contribution in [3.8, 4) is 0 Å². The van der Waals surface area contributed by atoms with Gasteiger partial charge in [-0.3, -0.25) is 4.98 Å². The fraction of sp³-hybridized carbons (Fsp3) is 0.308. The van der Waals surface area contributed by atoms with E-state index in [1.54, 1.807) is 0 Å². The zero-order chi connectivity index (χ0) is 10.7. The minimum Gasteiger partial charge on any atom is -0.384 e. The molecule has 2 heteroatoms. The highest BCUT2D eigenvalue weighted by Gasteiger charge is 2.00. The van der Waals surface area contributed by atoms with Gasteiger partial charge in [0.1, 0.15) is 0 Å². The van der Waals surface area contributed by atoms with Gasteiger partial charge in [-0.25, -0.2) is 0 Å². The third-order valence-electron chi connectivity index (χ3n) is 2.38. The van der Waals surface area contributed by atoms with Crippen LogP contribution in [0.2, 0.25) is 0 Å².